The maximum Gasteiger partial charge on any atom is 0.222 e. The summed E-state index contributed by atoms with van der Waals surface area (Å²) in [6, 6.07) is 2.08. The highest BCUT2D eigenvalue weighted by molar-refractivity contribution is 7.10. The van der Waals surface area contributed by atoms with Gasteiger partial charge in [0.2, 0.25) is 5.95 Å². The molecule has 3 aromatic heterocycles. The number of rotatable bonds is 1. The molecule has 0 radical (unpaired) electrons. The topological polar surface area (TPSA) is 80.5 Å². The molecule has 3 heterocycles. The summed E-state index contributed by atoms with van der Waals surface area (Å²) in [5, 5.41) is 9.71. The number of anilines is 1. The third-order valence-electron chi connectivity index (χ3n) is 2.33. The van der Waals surface area contributed by atoms with E-state index in [1.165, 1.54) is 4.88 Å². The smallest absolute Gasteiger partial charge is 0.222 e. The molecule has 0 bridgehead atoms. The number of hydrogen-bond acceptors (Lipinski definition) is 5. The molecule has 0 fully saturated rings. The molecule has 6 heteroatoms. The van der Waals surface area contributed by atoms with Gasteiger partial charge in [-0.05, 0) is 13.0 Å². The lowest BCUT2D eigenvalue weighted by molar-refractivity contribution is 1.09. The van der Waals surface area contributed by atoms with Gasteiger partial charge in [0.05, 0.1) is 17.3 Å². The molecule has 0 unspecified atom stereocenters. The minimum Gasteiger partial charge on any atom is -0.368 e. The molecule has 0 atom stereocenters. The Morgan fingerprint density at radius 3 is 3.00 bits per heavy atom. The van der Waals surface area contributed by atoms with Crippen LogP contribution in [0.5, 0.6) is 0 Å². The van der Waals surface area contributed by atoms with Gasteiger partial charge in [0.25, 0.3) is 0 Å². The van der Waals surface area contributed by atoms with E-state index in [4.69, 9.17) is 5.73 Å². The van der Waals surface area contributed by atoms with Crippen LogP contribution in [0.1, 0.15) is 4.88 Å². The molecule has 0 amide bonds. The van der Waals surface area contributed by atoms with Crippen LogP contribution in [0.25, 0.3) is 22.3 Å². The number of nitrogen functional groups attached to an aromatic ring is 1. The molecule has 0 saturated heterocycles. The van der Waals surface area contributed by atoms with E-state index >= 15 is 0 Å². The number of aromatic nitrogens is 4. The van der Waals surface area contributed by atoms with Gasteiger partial charge in [0, 0.05) is 15.8 Å². The maximum atomic E-state index is 5.66. The summed E-state index contributed by atoms with van der Waals surface area (Å²) in [6.45, 7) is 2.06. The first-order valence-electron chi connectivity index (χ1n) is 4.76. The first-order valence-corrected chi connectivity index (χ1v) is 5.64. The SMILES string of the molecule is Cc1cc(-c2nc(N)nc3[nH]ncc23)cs1. The highest BCUT2D eigenvalue weighted by Gasteiger charge is 2.10. The number of fused-ring (bicyclic) bond motifs is 1. The second kappa shape index (κ2) is 3.28. The summed E-state index contributed by atoms with van der Waals surface area (Å²) >= 11 is 1.68. The zero-order valence-corrected chi connectivity index (χ0v) is 9.38. The molecular weight excluding hydrogens is 222 g/mol. The molecule has 3 N–H and O–H groups in total. The molecule has 0 aromatic carbocycles. The van der Waals surface area contributed by atoms with Crippen LogP contribution in [0.3, 0.4) is 0 Å². The Morgan fingerprint density at radius 2 is 2.25 bits per heavy atom. The average molecular weight is 231 g/mol. The third-order valence-corrected chi connectivity index (χ3v) is 3.19. The number of hydrogen-bond donors (Lipinski definition) is 2. The molecule has 16 heavy (non-hydrogen) atoms. The third kappa shape index (κ3) is 1.35. The minimum absolute atomic E-state index is 0.260. The van der Waals surface area contributed by atoms with E-state index in [1.54, 1.807) is 17.5 Å². The number of aryl methyl sites for hydroxylation is 1. The molecule has 3 rings (SSSR count). The van der Waals surface area contributed by atoms with Crippen LogP contribution >= 0.6 is 11.3 Å². The van der Waals surface area contributed by atoms with E-state index in [1.807, 2.05) is 0 Å². The highest BCUT2D eigenvalue weighted by Crippen LogP contribution is 2.28. The maximum absolute atomic E-state index is 5.66. The van der Waals surface area contributed by atoms with Crippen molar-refractivity contribution in [2.45, 2.75) is 6.92 Å². The van der Waals surface area contributed by atoms with E-state index in [9.17, 15) is 0 Å². The van der Waals surface area contributed by atoms with Crippen LogP contribution in [-0.4, -0.2) is 20.2 Å². The average Bonchev–Trinajstić information content (AvgIpc) is 2.84. The monoisotopic (exact) mass is 231 g/mol. The van der Waals surface area contributed by atoms with Gasteiger partial charge < -0.3 is 5.73 Å². The van der Waals surface area contributed by atoms with Crippen molar-refractivity contribution in [3.8, 4) is 11.3 Å². The largest absolute Gasteiger partial charge is 0.368 e. The second-order valence-electron chi connectivity index (χ2n) is 3.51. The summed E-state index contributed by atoms with van der Waals surface area (Å²) in [7, 11) is 0. The van der Waals surface area contributed by atoms with E-state index in [0.29, 0.717) is 5.65 Å². The van der Waals surface area contributed by atoms with E-state index in [-0.39, 0.29) is 5.95 Å². The van der Waals surface area contributed by atoms with E-state index in [2.05, 4.69) is 38.5 Å². The molecule has 5 nitrogen and oxygen atoms in total. The van der Waals surface area contributed by atoms with E-state index in [0.717, 1.165) is 16.6 Å². The lowest BCUT2D eigenvalue weighted by Gasteiger charge is -1.99. The number of nitrogens with one attached hydrogen (secondary N) is 1. The molecule has 80 valence electrons. The van der Waals surface area contributed by atoms with Crippen molar-refractivity contribution < 1.29 is 0 Å². The lowest BCUT2D eigenvalue weighted by atomic mass is 10.2. The number of thiophene rings is 1. The van der Waals surface area contributed by atoms with Gasteiger partial charge in [0.15, 0.2) is 5.65 Å². The van der Waals surface area contributed by atoms with E-state index < -0.39 is 0 Å². The van der Waals surface area contributed by atoms with Crippen LogP contribution in [0, 0.1) is 6.92 Å². The van der Waals surface area contributed by atoms with Gasteiger partial charge >= 0.3 is 0 Å². The molecule has 0 saturated carbocycles. The Bertz CT molecular complexity index is 654. The molecular formula is C10H9N5S. The highest BCUT2D eigenvalue weighted by atomic mass is 32.1. The predicted molar refractivity (Wildman–Crippen MR) is 64.1 cm³/mol. The summed E-state index contributed by atoms with van der Waals surface area (Å²) in [6.07, 6.45) is 1.72. The number of nitrogens with zero attached hydrogens (tertiary/aromatic N) is 3. The molecule has 0 aliphatic rings. The molecule has 0 aliphatic carbocycles. The van der Waals surface area contributed by atoms with Crippen LogP contribution in [0.4, 0.5) is 5.95 Å². The standard InChI is InChI=1S/C10H9N5S/c1-5-2-6(4-16-5)8-7-3-12-15-9(7)14-10(11)13-8/h2-4H,1H3,(H3,11,12,13,14,15). The summed E-state index contributed by atoms with van der Waals surface area (Å²) in [5.74, 6) is 0.260. The fraction of sp³-hybridized carbons (Fsp3) is 0.100. The normalized spacial score (nSPS) is 11.1. The van der Waals surface area contributed by atoms with Gasteiger partial charge in [-0.25, -0.2) is 4.98 Å². The van der Waals surface area contributed by atoms with Gasteiger partial charge in [-0.1, -0.05) is 0 Å². The van der Waals surface area contributed by atoms with Gasteiger partial charge in [0.1, 0.15) is 0 Å². The van der Waals surface area contributed by atoms with Crippen LogP contribution in [0.15, 0.2) is 17.6 Å². The Kier molecular flexibility index (Phi) is 1.90. The molecule has 0 aliphatic heterocycles. The van der Waals surface area contributed by atoms with Crippen molar-refractivity contribution in [1.82, 2.24) is 20.2 Å². The predicted octanol–water partition coefficient (Wildman–Crippen LogP) is 1.97. The van der Waals surface area contributed by atoms with Crippen molar-refractivity contribution in [3.05, 3.63) is 22.5 Å². The zero-order valence-electron chi connectivity index (χ0n) is 8.56. The van der Waals surface area contributed by atoms with Crippen molar-refractivity contribution in [2.75, 3.05) is 5.73 Å². The number of H-pyrrole nitrogens is 1. The van der Waals surface area contributed by atoms with Crippen molar-refractivity contribution >= 4 is 28.3 Å². The summed E-state index contributed by atoms with van der Waals surface area (Å²) < 4.78 is 0. The first kappa shape index (κ1) is 9.29. The Labute approximate surface area is 95.4 Å². The zero-order chi connectivity index (χ0) is 11.1. The first-order chi connectivity index (χ1) is 7.74. The Morgan fingerprint density at radius 1 is 1.38 bits per heavy atom. The van der Waals surface area contributed by atoms with Crippen molar-refractivity contribution in [3.63, 3.8) is 0 Å². The molecule has 0 spiro atoms. The molecule has 3 aromatic rings. The minimum atomic E-state index is 0.260. The van der Waals surface area contributed by atoms with Crippen LogP contribution in [-0.2, 0) is 0 Å². The van der Waals surface area contributed by atoms with Crippen molar-refractivity contribution in [2.24, 2.45) is 0 Å². The summed E-state index contributed by atoms with van der Waals surface area (Å²) in [4.78, 5) is 9.59. The number of aromatic amines is 1. The van der Waals surface area contributed by atoms with Gasteiger partial charge in [-0.2, -0.15) is 10.1 Å². The van der Waals surface area contributed by atoms with Gasteiger partial charge in [-0.15, -0.1) is 11.3 Å². The summed E-state index contributed by atoms with van der Waals surface area (Å²) in [5.41, 5.74) is 8.23. The van der Waals surface area contributed by atoms with Crippen LogP contribution < -0.4 is 5.73 Å². The number of nitrogens with two attached hydrogens (primary N) is 1. The fourth-order valence-electron chi connectivity index (χ4n) is 1.64. The Hall–Kier alpha value is -1.95. The van der Waals surface area contributed by atoms with Gasteiger partial charge in [-0.3, -0.25) is 5.10 Å². The quantitative estimate of drug-likeness (QED) is 0.671. The van der Waals surface area contributed by atoms with Crippen molar-refractivity contribution in [1.29, 1.82) is 0 Å². The fourth-order valence-corrected chi connectivity index (χ4v) is 2.33. The van der Waals surface area contributed by atoms with Crippen LogP contribution in [0.2, 0.25) is 0 Å². The second-order valence-corrected chi connectivity index (χ2v) is 4.62. The Balaban J connectivity index is 2.33. The lowest BCUT2D eigenvalue weighted by Crippen LogP contribution is -1.96.